The fraction of sp³-hybridized carbons (Fsp3) is 0.556. The molecule has 0 fully saturated rings. The number of aliphatic hydroxyl groups is 1. The molecule has 0 aliphatic carbocycles. The number of nitrogens with zero attached hydrogens (tertiary/aromatic N) is 1. The van der Waals surface area contributed by atoms with Crippen molar-refractivity contribution in [2.24, 2.45) is 0 Å². The molecule has 0 bridgehead atoms. The van der Waals surface area contributed by atoms with E-state index in [4.69, 9.17) is 5.11 Å². The Morgan fingerprint density at radius 2 is 2.43 bits per heavy atom. The lowest BCUT2D eigenvalue weighted by molar-refractivity contribution is 0.289. The van der Waals surface area contributed by atoms with Gasteiger partial charge < -0.3 is 10.1 Å². The van der Waals surface area contributed by atoms with Crippen LogP contribution in [-0.2, 0) is 0 Å². The normalized spacial score (nSPS) is 12.8. The summed E-state index contributed by atoms with van der Waals surface area (Å²) >= 11 is 1.51. The van der Waals surface area contributed by atoms with Crippen molar-refractivity contribution in [1.29, 1.82) is 0 Å². The number of H-pyrrole nitrogens is 1. The van der Waals surface area contributed by atoms with E-state index in [-0.39, 0.29) is 17.4 Å². The van der Waals surface area contributed by atoms with E-state index in [0.717, 1.165) is 0 Å². The fourth-order valence-corrected chi connectivity index (χ4v) is 2.06. The molecule has 5 heteroatoms. The Kier molecular flexibility index (Phi) is 4.16. The highest BCUT2D eigenvalue weighted by Gasteiger charge is 2.05. The summed E-state index contributed by atoms with van der Waals surface area (Å²) in [6, 6.07) is 1.48. The first-order chi connectivity index (χ1) is 6.61. The van der Waals surface area contributed by atoms with Crippen LogP contribution in [0.25, 0.3) is 0 Å². The van der Waals surface area contributed by atoms with Gasteiger partial charge in [-0.25, -0.2) is 4.98 Å². The number of aryl methyl sites for hydroxylation is 1. The molecule has 1 rings (SSSR count). The van der Waals surface area contributed by atoms with Crippen LogP contribution in [0, 0.1) is 6.92 Å². The second-order valence-electron chi connectivity index (χ2n) is 3.11. The molecular weight excluding hydrogens is 200 g/mol. The van der Waals surface area contributed by atoms with E-state index in [1.54, 1.807) is 6.92 Å². The van der Waals surface area contributed by atoms with Crippen LogP contribution in [0.5, 0.6) is 0 Å². The minimum atomic E-state index is -0.129. The minimum absolute atomic E-state index is 0.129. The monoisotopic (exact) mass is 214 g/mol. The summed E-state index contributed by atoms with van der Waals surface area (Å²) in [5, 5.41) is 9.71. The van der Waals surface area contributed by atoms with Crippen molar-refractivity contribution in [3.05, 3.63) is 22.2 Å². The molecule has 1 unspecified atom stereocenters. The number of nitrogens with one attached hydrogen (secondary N) is 1. The maximum atomic E-state index is 11.1. The molecule has 0 amide bonds. The molecule has 1 aromatic rings. The number of hydrogen-bond donors (Lipinski definition) is 2. The van der Waals surface area contributed by atoms with Gasteiger partial charge in [-0.1, -0.05) is 6.92 Å². The Balaban J connectivity index is 2.71. The molecule has 0 saturated carbocycles. The molecule has 4 nitrogen and oxygen atoms in total. The zero-order valence-corrected chi connectivity index (χ0v) is 9.10. The molecule has 0 aliphatic rings. The van der Waals surface area contributed by atoms with E-state index < -0.39 is 0 Å². The van der Waals surface area contributed by atoms with Crippen LogP contribution < -0.4 is 5.56 Å². The van der Waals surface area contributed by atoms with E-state index in [2.05, 4.69) is 9.97 Å². The van der Waals surface area contributed by atoms with Crippen LogP contribution in [0.4, 0.5) is 0 Å². The van der Waals surface area contributed by atoms with Crippen LogP contribution >= 0.6 is 11.8 Å². The average Bonchev–Trinajstić information content (AvgIpc) is 2.01. The Morgan fingerprint density at radius 3 is 3.00 bits per heavy atom. The molecule has 0 saturated heterocycles. The Hall–Kier alpha value is -0.810. The van der Waals surface area contributed by atoms with Gasteiger partial charge in [-0.2, -0.15) is 0 Å². The molecule has 1 atom stereocenters. The number of aromatic nitrogens is 2. The summed E-state index contributed by atoms with van der Waals surface area (Å²) in [7, 11) is 0. The predicted octanol–water partition coefficient (Wildman–Crippen LogP) is 0.941. The van der Waals surface area contributed by atoms with E-state index in [0.29, 0.717) is 17.3 Å². The second-order valence-corrected chi connectivity index (χ2v) is 4.57. The highest BCUT2D eigenvalue weighted by Crippen LogP contribution is 2.21. The van der Waals surface area contributed by atoms with E-state index >= 15 is 0 Å². The first-order valence-corrected chi connectivity index (χ1v) is 5.35. The Morgan fingerprint density at radius 1 is 1.71 bits per heavy atom. The van der Waals surface area contributed by atoms with Crippen molar-refractivity contribution >= 4 is 11.8 Å². The minimum Gasteiger partial charge on any atom is -0.396 e. The third-order valence-electron chi connectivity index (χ3n) is 1.69. The van der Waals surface area contributed by atoms with Gasteiger partial charge >= 0.3 is 0 Å². The molecule has 0 aliphatic heterocycles. The molecule has 1 heterocycles. The van der Waals surface area contributed by atoms with E-state index in [1.807, 2.05) is 6.92 Å². The first kappa shape index (κ1) is 11.3. The van der Waals surface area contributed by atoms with E-state index in [1.165, 1.54) is 17.8 Å². The summed E-state index contributed by atoms with van der Waals surface area (Å²) in [6.07, 6.45) is 0.707. The van der Waals surface area contributed by atoms with Gasteiger partial charge in [0, 0.05) is 17.9 Å². The van der Waals surface area contributed by atoms with Crippen molar-refractivity contribution in [1.82, 2.24) is 9.97 Å². The molecule has 0 radical (unpaired) electrons. The standard InChI is InChI=1S/C9H14N2O2S/c1-6(3-4-12)14-9-5-8(13)10-7(2)11-9/h5-6,12H,3-4H2,1-2H3,(H,10,11,13). The molecular formula is C9H14N2O2S. The third-order valence-corrected chi connectivity index (χ3v) is 2.78. The van der Waals surface area contributed by atoms with Crippen LogP contribution in [0.2, 0.25) is 0 Å². The summed E-state index contributed by atoms with van der Waals surface area (Å²) in [4.78, 5) is 17.9. The summed E-state index contributed by atoms with van der Waals surface area (Å²) in [6.45, 7) is 3.91. The van der Waals surface area contributed by atoms with Crippen molar-refractivity contribution in [3.8, 4) is 0 Å². The number of aliphatic hydroxyl groups excluding tert-OH is 1. The van der Waals surface area contributed by atoms with Crippen LogP contribution in [-0.4, -0.2) is 26.9 Å². The van der Waals surface area contributed by atoms with Crippen molar-refractivity contribution in [3.63, 3.8) is 0 Å². The predicted molar refractivity (Wildman–Crippen MR) is 56.6 cm³/mol. The van der Waals surface area contributed by atoms with Crippen LogP contribution in [0.3, 0.4) is 0 Å². The van der Waals surface area contributed by atoms with Crippen molar-refractivity contribution in [2.45, 2.75) is 30.5 Å². The van der Waals surface area contributed by atoms with Gasteiger partial charge in [0.1, 0.15) is 10.9 Å². The zero-order chi connectivity index (χ0) is 10.6. The van der Waals surface area contributed by atoms with Gasteiger partial charge in [0.25, 0.3) is 5.56 Å². The number of rotatable bonds is 4. The van der Waals surface area contributed by atoms with Gasteiger partial charge in [0.05, 0.1) is 0 Å². The maximum absolute atomic E-state index is 11.1. The number of aromatic amines is 1. The SMILES string of the molecule is Cc1nc(SC(C)CCO)cc(=O)[nH]1. The smallest absolute Gasteiger partial charge is 0.251 e. The van der Waals surface area contributed by atoms with Gasteiger partial charge in [0.15, 0.2) is 0 Å². The van der Waals surface area contributed by atoms with Gasteiger partial charge in [0.2, 0.25) is 0 Å². The second kappa shape index (κ2) is 5.17. The Bertz CT molecular complexity index is 351. The quantitative estimate of drug-likeness (QED) is 0.578. The van der Waals surface area contributed by atoms with Gasteiger partial charge in [-0.05, 0) is 13.3 Å². The zero-order valence-electron chi connectivity index (χ0n) is 8.28. The van der Waals surface area contributed by atoms with Crippen molar-refractivity contribution < 1.29 is 5.11 Å². The third kappa shape index (κ3) is 3.51. The van der Waals surface area contributed by atoms with E-state index in [9.17, 15) is 4.79 Å². The summed E-state index contributed by atoms with van der Waals surface area (Å²) in [5.41, 5.74) is -0.129. The highest BCUT2D eigenvalue weighted by atomic mass is 32.2. The fourth-order valence-electron chi connectivity index (χ4n) is 1.06. The van der Waals surface area contributed by atoms with Gasteiger partial charge in [-0.3, -0.25) is 4.79 Å². The lowest BCUT2D eigenvalue weighted by atomic mass is 10.3. The molecule has 0 spiro atoms. The van der Waals surface area contributed by atoms with Crippen LogP contribution in [0.15, 0.2) is 15.9 Å². The molecule has 1 aromatic heterocycles. The summed E-state index contributed by atoms with van der Waals surface area (Å²) in [5.74, 6) is 0.621. The Labute approximate surface area is 86.8 Å². The summed E-state index contributed by atoms with van der Waals surface area (Å²) < 4.78 is 0. The highest BCUT2D eigenvalue weighted by molar-refractivity contribution is 7.99. The lowest BCUT2D eigenvalue weighted by Crippen LogP contribution is -2.09. The number of thioether (sulfide) groups is 1. The number of hydrogen-bond acceptors (Lipinski definition) is 4. The first-order valence-electron chi connectivity index (χ1n) is 4.47. The van der Waals surface area contributed by atoms with Crippen molar-refractivity contribution in [2.75, 3.05) is 6.61 Å². The lowest BCUT2D eigenvalue weighted by Gasteiger charge is -2.07. The largest absolute Gasteiger partial charge is 0.396 e. The van der Waals surface area contributed by atoms with Gasteiger partial charge in [-0.15, -0.1) is 11.8 Å². The topological polar surface area (TPSA) is 66.0 Å². The maximum Gasteiger partial charge on any atom is 0.251 e. The molecule has 2 N–H and O–H groups in total. The molecule has 78 valence electrons. The molecule has 0 aromatic carbocycles. The van der Waals surface area contributed by atoms with Crippen LogP contribution in [0.1, 0.15) is 19.2 Å². The average molecular weight is 214 g/mol. The molecule has 14 heavy (non-hydrogen) atoms.